The lowest BCUT2D eigenvalue weighted by Crippen LogP contribution is -2.02. The Morgan fingerprint density at radius 3 is 2.45 bits per heavy atom. The minimum absolute atomic E-state index is 0.143. The molecule has 0 saturated heterocycles. The summed E-state index contributed by atoms with van der Waals surface area (Å²) in [7, 11) is 0. The second-order valence-corrected chi connectivity index (χ2v) is 5.84. The predicted octanol–water partition coefficient (Wildman–Crippen LogP) is 3.48. The number of benzene rings is 1. The number of ketones is 1. The molecule has 2 heterocycles. The Kier molecular flexibility index (Phi) is 3.85. The zero-order valence-corrected chi connectivity index (χ0v) is 12.7. The molecule has 0 amide bonds. The maximum Gasteiger partial charge on any atom is 0.337 e. The summed E-state index contributed by atoms with van der Waals surface area (Å²) >= 11 is 1.29. The third-order valence-electron chi connectivity index (χ3n) is 3.41. The van der Waals surface area contributed by atoms with Crippen LogP contribution in [0.4, 0.5) is 0 Å². The summed E-state index contributed by atoms with van der Waals surface area (Å²) in [5, 5.41) is 11.0. The maximum atomic E-state index is 12.0. The summed E-state index contributed by atoms with van der Waals surface area (Å²) in [5.74, 6) is -0.0876. The third kappa shape index (κ3) is 2.57. The van der Waals surface area contributed by atoms with Crippen molar-refractivity contribution < 1.29 is 24.2 Å². The molecule has 0 radical (unpaired) electrons. The van der Waals surface area contributed by atoms with E-state index < -0.39 is 5.97 Å². The van der Waals surface area contributed by atoms with E-state index in [4.69, 9.17) is 9.47 Å². The van der Waals surface area contributed by atoms with Crippen LogP contribution in [-0.2, 0) is 0 Å². The normalized spacial score (nSPS) is 13.5. The highest BCUT2D eigenvalue weighted by molar-refractivity contribution is 7.14. The molecule has 1 aliphatic rings. The second-order valence-electron chi connectivity index (χ2n) is 4.92. The van der Waals surface area contributed by atoms with Gasteiger partial charge in [0.25, 0.3) is 0 Å². The second kappa shape index (κ2) is 5.81. The first-order valence-electron chi connectivity index (χ1n) is 6.83. The molecule has 6 heteroatoms. The average molecular weight is 318 g/mol. The summed E-state index contributed by atoms with van der Waals surface area (Å²) in [4.78, 5) is 23.9. The fourth-order valence-electron chi connectivity index (χ4n) is 2.37. The number of Topliss-reactive ketones (excluding diaryl/α,β-unsaturated/α-hetero) is 1. The first kappa shape index (κ1) is 14.6. The van der Waals surface area contributed by atoms with Crippen LogP contribution in [0.3, 0.4) is 0 Å². The number of carboxylic acids is 1. The van der Waals surface area contributed by atoms with E-state index in [1.54, 1.807) is 17.5 Å². The van der Waals surface area contributed by atoms with Gasteiger partial charge >= 0.3 is 5.97 Å². The molecule has 0 fully saturated rings. The Morgan fingerprint density at radius 2 is 1.82 bits per heavy atom. The van der Waals surface area contributed by atoms with Gasteiger partial charge in [-0.15, -0.1) is 11.3 Å². The van der Waals surface area contributed by atoms with Crippen molar-refractivity contribution in [2.45, 2.75) is 13.3 Å². The van der Waals surface area contributed by atoms with Crippen LogP contribution in [-0.4, -0.2) is 30.1 Å². The molecule has 0 unspecified atom stereocenters. The van der Waals surface area contributed by atoms with Crippen LogP contribution in [0.1, 0.15) is 34.1 Å². The van der Waals surface area contributed by atoms with Crippen molar-refractivity contribution in [3.63, 3.8) is 0 Å². The number of fused-ring (bicyclic) bond motifs is 1. The zero-order chi connectivity index (χ0) is 15.7. The molecule has 0 atom stereocenters. The molecule has 114 valence electrons. The van der Waals surface area contributed by atoms with Crippen LogP contribution in [0.5, 0.6) is 11.5 Å². The van der Waals surface area contributed by atoms with Gasteiger partial charge in [-0.3, -0.25) is 4.79 Å². The molecule has 2 aromatic rings. The Labute approximate surface area is 131 Å². The van der Waals surface area contributed by atoms with E-state index in [0.29, 0.717) is 40.7 Å². The van der Waals surface area contributed by atoms with Gasteiger partial charge in [0.2, 0.25) is 0 Å². The van der Waals surface area contributed by atoms with Crippen molar-refractivity contribution in [1.82, 2.24) is 0 Å². The van der Waals surface area contributed by atoms with Crippen molar-refractivity contribution in [2.24, 2.45) is 0 Å². The smallest absolute Gasteiger partial charge is 0.337 e. The van der Waals surface area contributed by atoms with Crippen LogP contribution >= 0.6 is 11.3 Å². The number of aromatic carboxylic acids is 1. The van der Waals surface area contributed by atoms with E-state index in [-0.39, 0.29) is 11.3 Å². The van der Waals surface area contributed by atoms with Gasteiger partial charge in [0.05, 0.1) is 18.8 Å². The van der Waals surface area contributed by atoms with Gasteiger partial charge < -0.3 is 14.6 Å². The van der Waals surface area contributed by atoms with Crippen molar-refractivity contribution in [3.8, 4) is 21.9 Å². The highest BCUT2D eigenvalue weighted by atomic mass is 32.1. The summed E-state index contributed by atoms with van der Waals surface area (Å²) in [6.07, 6.45) is 0.763. The monoisotopic (exact) mass is 318 g/mol. The van der Waals surface area contributed by atoms with Crippen LogP contribution in [0.15, 0.2) is 23.6 Å². The third-order valence-corrected chi connectivity index (χ3v) is 4.35. The molecule has 22 heavy (non-hydrogen) atoms. The summed E-state index contributed by atoms with van der Waals surface area (Å²) in [6, 6.07) is 4.88. The molecular weight excluding hydrogens is 304 g/mol. The fraction of sp³-hybridized carbons (Fsp3) is 0.250. The van der Waals surface area contributed by atoms with Crippen LogP contribution in [0, 0.1) is 0 Å². The Balaban J connectivity index is 2.21. The van der Waals surface area contributed by atoms with E-state index in [2.05, 4.69) is 0 Å². The number of carboxylic acid groups (broad SMARTS) is 1. The molecule has 0 spiro atoms. The van der Waals surface area contributed by atoms with Crippen molar-refractivity contribution >= 4 is 23.1 Å². The van der Waals surface area contributed by atoms with E-state index in [9.17, 15) is 14.7 Å². The van der Waals surface area contributed by atoms with E-state index in [1.807, 2.05) is 0 Å². The number of hydrogen-bond acceptors (Lipinski definition) is 5. The molecule has 1 N–H and O–H groups in total. The molecule has 0 aliphatic carbocycles. The van der Waals surface area contributed by atoms with Crippen molar-refractivity contribution in [1.29, 1.82) is 0 Å². The summed E-state index contributed by atoms with van der Waals surface area (Å²) in [6.45, 7) is 2.52. The molecule has 1 aliphatic heterocycles. The Bertz CT molecular complexity index is 747. The van der Waals surface area contributed by atoms with E-state index in [1.165, 1.54) is 24.3 Å². The topological polar surface area (TPSA) is 72.8 Å². The standard InChI is InChI=1S/C16H14O5S/c1-9(17)11-7-13-14(21-5-2-4-20-13)8-12(11)15-10(16(18)19)3-6-22-15/h3,6-8H,2,4-5H2,1H3,(H,18,19). The van der Waals surface area contributed by atoms with Gasteiger partial charge in [-0.1, -0.05) is 0 Å². The summed E-state index contributed by atoms with van der Waals surface area (Å²) in [5.41, 5.74) is 1.19. The van der Waals surface area contributed by atoms with Crippen LogP contribution in [0.25, 0.3) is 10.4 Å². The quantitative estimate of drug-likeness (QED) is 0.877. The Morgan fingerprint density at radius 1 is 1.14 bits per heavy atom. The lowest BCUT2D eigenvalue weighted by molar-refractivity contribution is 0.0698. The van der Waals surface area contributed by atoms with Gasteiger partial charge in [0.1, 0.15) is 0 Å². The van der Waals surface area contributed by atoms with Crippen LogP contribution < -0.4 is 9.47 Å². The number of carbonyl (C=O) groups is 2. The molecule has 1 aromatic carbocycles. The number of hydrogen-bond donors (Lipinski definition) is 1. The number of rotatable bonds is 3. The first-order valence-corrected chi connectivity index (χ1v) is 7.71. The highest BCUT2D eigenvalue weighted by Crippen LogP contribution is 2.40. The number of thiophene rings is 1. The molecule has 3 rings (SSSR count). The van der Waals surface area contributed by atoms with Gasteiger partial charge in [0, 0.05) is 22.4 Å². The maximum absolute atomic E-state index is 12.0. The summed E-state index contributed by atoms with van der Waals surface area (Å²) < 4.78 is 11.2. The van der Waals surface area contributed by atoms with Crippen molar-refractivity contribution in [2.75, 3.05) is 13.2 Å². The lowest BCUT2D eigenvalue weighted by Gasteiger charge is -2.13. The zero-order valence-electron chi connectivity index (χ0n) is 11.9. The average Bonchev–Trinajstić information content (AvgIpc) is 2.85. The lowest BCUT2D eigenvalue weighted by atomic mass is 9.99. The van der Waals surface area contributed by atoms with Crippen LogP contribution in [0.2, 0.25) is 0 Å². The largest absolute Gasteiger partial charge is 0.490 e. The van der Waals surface area contributed by atoms with Gasteiger partial charge in [0.15, 0.2) is 17.3 Å². The molecule has 5 nitrogen and oxygen atoms in total. The number of carbonyl (C=O) groups excluding carboxylic acids is 1. The van der Waals surface area contributed by atoms with Gasteiger partial charge in [-0.05, 0) is 30.5 Å². The van der Waals surface area contributed by atoms with Crippen molar-refractivity contribution in [3.05, 3.63) is 34.7 Å². The fourth-order valence-corrected chi connectivity index (χ4v) is 3.29. The minimum Gasteiger partial charge on any atom is -0.490 e. The molecular formula is C16H14O5S. The first-order chi connectivity index (χ1) is 10.6. The Hall–Kier alpha value is -2.34. The molecule has 0 bridgehead atoms. The number of ether oxygens (including phenoxy) is 2. The molecule has 1 aromatic heterocycles. The SMILES string of the molecule is CC(=O)c1cc2c(cc1-c1sccc1C(=O)O)OCCCO2. The van der Waals surface area contributed by atoms with Gasteiger partial charge in [-0.25, -0.2) is 4.79 Å². The van der Waals surface area contributed by atoms with E-state index in [0.717, 1.165) is 6.42 Å². The van der Waals surface area contributed by atoms with Gasteiger partial charge in [-0.2, -0.15) is 0 Å². The minimum atomic E-state index is -1.02. The van der Waals surface area contributed by atoms with E-state index >= 15 is 0 Å². The highest BCUT2D eigenvalue weighted by Gasteiger charge is 2.22. The molecule has 0 saturated carbocycles. The predicted molar refractivity (Wildman–Crippen MR) is 82.3 cm³/mol.